The van der Waals surface area contributed by atoms with E-state index in [-0.39, 0.29) is 0 Å². The molecule has 0 unspecified atom stereocenters. The number of ether oxygens (including phenoxy) is 1. The minimum Gasteiger partial charge on any atom is -0.465 e. The Bertz CT molecular complexity index is 438. The van der Waals surface area contributed by atoms with Crippen molar-refractivity contribution in [2.75, 3.05) is 12.4 Å². The van der Waals surface area contributed by atoms with Gasteiger partial charge in [0.05, 0.1) is 12.7 Å². The molecule has 0 amide bonds. The number of carbonyl (C=O) groups excluding carboxylic acids is 2. The number of benzene rings is 1. The van der Waals surface area contributed by atoms with E-state index in [0.717, 1.165) is 24.8 Å². The molecule has 0 saturated heterocycles. The second-order valence-electron chi connectivity index (χ2n) is 4.19. The third-order valence-corrected chi connectivity index (χ3v) is 3.05. The van der Waals surface area contributed by atoms with Gasteiger partial charge in [-0.25, -0.2) is 4.79 Å². The summed E-state index contributed by atoms with van der Waals surface area (Å²) >= 11 is 0. The maximum Gasteiger partial charge on any atom is 0.339 e. The lowest BCUT2D eigenvalue weighted by Crippen LogP contribution is -2.28. The molecule has 2 rings (SSSR count). The Labute approximate surface area is 100.0 Å². The quantitative estimate of drug-likeness (QED) is 0.640. The molecular formula is C13H15NO3. The SMILES string of the molecule is COC(=O)c1cc(C=O)ccc1NC1CCC1. The zero-order valence-corrected chi connectivity index (χ0v) is 9.73. The van der Waals surface area contributed by atoms with Crippen LogP contribution in [0.2, 0.25) is 0 Å². The van der Waals surface area contributed by atoms with Crippen LogP contribution in [0.4, 0.5) is 5.69 Å². The Morgan fingerprint density at radius 1 is 1.47 bits per heavy atom. The van der Waals surface area contributed by atoms with Crippen LogP contribution in [0.15, 0.2) is 18.2 Å². The maximum absolute atomic E-state index is 11.6. The molecule has 1 aliphatic carbocycles. The normalized spacial score (nSPS) is 14.9. The Morgan fingerprint density at radius 2 is 2.24 bits per heavy atom. The molecule has 1 saturated carbocycles. The molecule has 4 heteroatoms. The van der Waals surface area contributed by atoms with E-state index in [2.05, 4.69) is 5.32 Å². The van der Waals surface area contributed by atoms with E-state index >= 15 is 0 Å². The minimum absolute atomic E-state index is 0.420. The number of anilines is 1. The number of methoxy groups -OCH3 is 1. The fourth-order valence-electron chi connectivity index (χ4n) is 1.81. The predicted molar refractivity (Wildman–Crippen MR) is 64.4 cm³/mol. The molecule has 90 valence electrons. The van der Waals surface area contributed by atoms with Crippen molar-refractivity contribution in [3.05, 3.63) is 29.3 Å². The Kier molecular flexibility index (Phi) is 3.42. The first kappa shape index (κ1) is 11.6. The van der Waals surface area contributed by atoms with Gasteiger partial charge in [-0.15, -0.1) is 0 Å². The van der Waals surface area contributed by atoms with Gasteiger partial charge in [-0.2, -0.15) is 0 Å². The number of carbonyl (C=O) groups is 2. The minimum atomic E-state index is -0.421. The van der Waals surface area contributed by atoms with Gasteiger partial charge in [-0.05, 0) is 37.5 Å². The Balaban J connectivity index is 2.28. The van der Waals surface area contributed by atoms with Gasteiger partial charge in [0.15, 0.2) is 0 Å². The van der Waals surface area contributed by atoms with Gasteiger partial charge in [0.1, 0.15) is 6.29 Å². The third kappa shape index (κ3) is 2.46. The molecule has 0 aliphatic heterocycles. The summed E-state index contributed by atoms with van der Waals surface area (Å²) in [6.07, 6.45) is 4.18. The molecular weight excluding hydrogens is 218 g/mol. The van der Waals surface area contributed by atoms with Crippen LogP contribution in [-0.2, 0) is 4.74 Å². The van der Waals surface area contributed by atoms with E-state index in [9.17, 15) is 9.59 Å². The first-order chi connectivity index (χ1) is 8.24. The van der Waals surface area contributed by atoms with Crippen molar-refractivity contribution < 1.29 is 14.3 Å². The van der Waals surface area contributed by atoms with Crippen molar-refractivity contribution in [3.8, 4) is 0 Å². The first-order valence-electron chi connectivity index (χ1n) is 5.68. The molecule has 0 aromatic heterocycles. The lowest BCUT2D eigenvalue weighted by atomic mass is 9.92. The summed E-state index contributed by atoms with van der Waals surface area (Å²) in [5, 5.41) is 3.30. The van der Waals surface area contributed by atoms with E-state index in [1.807, 2.05) is 0 Å². The highest BCUT2D eigenvalue weighted by Crippen LogP contribution is 2.26. The molecule has 0 heterocycles. The molecule has 1 aromatic carbocycles. The topological polar surface area (TPSA) is 55.4 Å². The number of hydrogen-bond acceptors (Lipinski definition) is 4. The molecule has 0 spiro atoms. The second-order valence-corrected chi connectivity index (χ2v) is 4.19. The van der Waals surface area contributed by atoms with Gasteiger partial charge < -0.3 is 10.1 Å². The average molecular weight is 233 g/mol. The zero-order chi connectivity index (χ0) is 12.3. The lowest BCUT2D eigenvalue weighted by Gasteiger charge is -2.28. The van der Waals surface area contributed by atoms with Gasteiger partial charge >= 0.3 is 5.97 Å². The molecule has 4 nitrogen and oxygen atoms in total. The van der Waals surface area contributed by atoms with Crippen LogP contribution in [0.25, 0.3) is 0 Å². The van der Waals surface area contributed by atoms with E-state index in [1.165, 1.54) is 13.5 Å². The van der Waals surface area contributed by atoms with Crippen molar-refractivity contribution in [1.82, 2.24) is 0 Å². The van der Waals surface area contributed by atoms with Crippen molar-refractivity contribution in [3.63, 3.8) is 0 Å². The van der Waals surface area contributed by atoms with E-state index in [1.54, 1.807) is 18.2 Å². The smallest absolute Gasteiger partial charge is 0.339 e. The molecule has 1 fully saturated rings. The van der Waals surface area contributed by atoms with Gasteiger partial charge in [-0.1, -0.05) is 0 Å². The maximum atomic E-state index is 11.6. The predicted octanol–water partition coefficient (Wildman–Crippen LogP) is 2.25. The molecule has 17 heavy (non-hydrogen) atoms. The average Bonchev–Trinajstić information content (AvgIpc) is 2.32. The Morgan fingerprint density at radius 3 is 2.76 bits per heavy atom. The van der Waals surface area contributed by atoms with Crippen LogP contribution in [0, 0.1) is 0 Å². The Hall–Kier alpha value is -1.84. The van der Waals surface area contributed by atoms with Crippen LogP contribution in [0.1, 0.15) is 40.0 Å². The summed E-state index contributed by atoms with van der Waals surface area (Å²) in [6, 6.07) is 5.44. The molecule has 0 atom stereocenters. The standard InChI is InChI=1S/C13H15NO3/c1-17-13(16)11-7-9(8-15)5-6-12(11)14-10-3-2-4-10/h5-8,10,14H,2-4H2,1H3. The summed E-state index contributed by atoms with van der Waals surface area (Å²) in [4.78, 5) is 22.3. The lowest BCUT2D eigenvalue weighted by molar-refractivity contribution is 0.0601. The van der Waals surface area contributed by atoms with Crippen LogP contribution in [0.3, 0.4) is 0 Å². The number of esters is 1. The second kappa shape index (κ2) is 4.99. The van der Waals surface area contributed by atoms with Gasteiger partial charge in [0.2, 0.25) is 0 Å². The van der Waals surface area contributed by atoms with Crippen LogP contribution < -0.4 is 5.32 Å². The van der Waals surface area contributed by atoms with Gasteiger partial charge in [-0.3, -0.25) is 4.79 Å². The molecule has 0 radical (unpaired) electrons. The van der Waals surface area contributed by atoms with E-state index in [4.69, 9.17) is 4.74 Å². The summed E-state index contributed by atoms with van der Waals surface area (Å²) in [5.74, 6) is -0.421. The zero-order valence-electron chi connectivity index (χ0n) is 9.73. The fourth-order valence-corrected chi connectivity index (χ4v) is 1.81. The monoisotopic (exact) mass is 233 g/mol. The highest BCUT2D eigenvalue weighted by atomic mass is 16.5. The molecule has 1 N–H and O–H groups in total. The van der Waals surface area contributed by atoms with Gasteiger partial charge in [0.25, 0.3) is 0 Å². The number of aldehydes is 1. The number of nitrogens with one attached hydrogen (secondary N) is 1. The highest BCUT2D eigenvalue weighted by Gasteiger charge is 2.20. The summed E-state index contributed by atoms with van der Waals surface area (Å²) in [5.41, 5.74) is 1.64. The first-order valence-corrected chi connectivity index (χ1v) is 5.68. The number of rotatable bonds is 4. The van der Waals surface area contributed by atoms with Crippen LogP contribution >= 0.6 is 0 Å². The van der Waals surface area contributed by atoms with Crippen LogP contribution in [0.5, 0.6) is 0 Å². The van der Waals surface area contributed by atoms with E-state index < -0.39 is 5.97 Å². The molecule has 1 aromatic rings. The van der Waals surface area contributed by atoms with Crippen molar-refractivity contribution in [2.45, 2.75) is 25.3 Å². The van der Waals surface area contributed by atoms with Crippen molar-refractivity contribution in [2.24, 2.45) is 0 Å². The fraction of sp³-hybridized carbons (Fsp3) is 0.385. The van der Waals surface area contributed by atoms with E-state index in [0.29, 0.717) is 17.2 Å². The van der Waals surface area contributed by atoms with Crippen molar-refractivity contribution in [1.29, 1.82) is 0 Å². The number of hydrogen-bond donors (Lipinski definition) is 1. The summed E-state index contributed by atoms with van der Waals surface area (Å²) in [7, 11) is 1.34. The third-order valence-electron chi connectivity index (χ3n) is 3.05. The summed E-state index contributed by atoms with van der Waals surface area (Å²) in [6.45, 7) is 0. The molecule has 0 bridgehead atoms. The largest absolute Gasteiger partial charge is 0.465 e. The van der Waals surface area contributed by atoms with Gasteiger partial charge in [0, 0.05) is 17.3 Å². The van der Waals surface area contributed by atoms with Crippen LogP contribution in [-0.4, -0.2) is 25.4 Å². The molecule has 1 aliphatic rings. The summed E-state index contributed by atoms with van der Waals surface area (Å²) < 4.78 is 4.71. The van der Waals surface area contributed by atoms with Crippen molar-refractivity contribution >= 4 is 17.9 Å². The highest BCUT2D eigenvalue weighted by molar-refractivity contribution is 5.97.